The first-order valence-electron chi connectivity index (χ1n) is 4.57. The summed E-state index contributed by atoms with van der Waals surface area (Å²) in [6.45, 7) is 0. The number of nitrogens with zero attached hydrogens (tertiary/aromatic N) is 2. The number of nitrogens with two attached hydrogens (primary N) is 1. The van der Waals surface area contributed by atoms with Gasteiger partial charge in [-0.2, -0.15) is 0 Å². The molecular formula is C8H12N4O2. The Balaban J connectivity index is 1.93. The molecule has 0 spiro atoms. The number of aromatic amines is 1. The first kappa shape index (κ1) is 9.14. The lowest BCUT2D eigenvalue weighted by Crippen LogP contribution is -2.22. The SMILES string of the molecule is NC1(CCc2cc([N+](=O)[O-])[nH]n2)CC1. The average molecular weight is 196 g/mol. The van der Waals surface area contributed by atoms with Crippen molar-refractivity contribution in [3.8, 4) is 0 Å². The fraction of sp³-hybridized carbons (Fsp3) is 0.625. The molecule has 14 heavy (non-hydrogen) atoms. The molecule has 1 aromatic heterocycles. The molecule has 2 rings (SSSR count). The van der Waals surface area contributed by atoms with Crippen LogP contribution in [-0.4, -0.2) is 20.7 Å². The van der Waals surface area contributed by atoms with Gasteiger partial charge in [0.25, 0.3) is 0 Å². The lowest BCUT2D eigenvalue weighted by Gasteiger charge is -2.04. The number of aromatic nitrogens is 2. The number of nitro groups is 1. The fourth-order valence-electron chi connectivity index (χ4n) is 1.36. The van der Waals surface area contributed by atoms with Crippen molar-refractivity contribution in [3.05, 3.63) is 21.9 Å². The zero-order chi connectivity index (χ0) is 10.2. The quantitative estimate of drug-likeness (QED) is 0.548. The minimum atomic E-state index is -0.480. The van der Waals surface area contributed by atoms with Crippen LogP contribution in [-0.2, 0) is 6.42 Å². The summed E-state index contributed by atoms with van der Waals surface area (Å²) in [5, 5.41) is 16.6. The molecule has 1 aliphatic rings. The molecule has 0 radical (unpaired) electrons. The molecule has 1 saturated carbocycles. The second-order valence-electron chi connectivity index (χ2n) is 3.86. The van der Waals surface area contributed by atoms with E-state index in [9.17, 15) is 10.1 Å². The van der Waals surface area contributed by atoms with E-state index in [1.54, 1.807) is 0 Å². The van der Waals surface area contributed by atoms with E-state index in [2.05, 4.69) is 10.2 Å². The Morgan fingerprint density at radius 3 is 2.93 bits per heavy atom. The van der Waals surface area contributed by atoms with Crippen LogP contribution in [0.2, 0.25) is 0 Å². The van der Waals surface area contributed by atoms with Gasteiger partial charge in [0.05, 0.1) is 11.8 Å². The highest BCUT2D eigenvalue weighted by Gasteiger charge is 2.37. The second-order valence-corrected chi connectivity index (χ2v) is 3.86. The van der Waals surface area contributed by atoms with E-state index in [0.717, 1.165) is 19.3 Å². The molecule has 3 N–H and O–H groups in total. The van der Waals surface area contributed by atoms with Crippen LogP contribution < -0.4 is 5.73 Å². The second kappa shape index (κ2) is 3.06. The van der Waals surface area contributed by atoms with Gasteiger partial charge in [-0.25, -0.2) is 0 Å². The van der Waals surface area contributed by atoms with Crippen LogP contribution in [0.15, 0.2) is 6.07 Å². The summed E-state index contributed by atoms with van der Waals surface area (Å²) in [5.41, 5.74) is 6.59. The van der Waals surface area contributed by atoms with Gasteiger partial charge in [-0.05, 0) is 30.6 Å². The number of nitrogens with one attached hydrogen (secondary N) is 1. The van der Waals surface area contributed by atoms with E-state index in [0.29, 0.717) is 12.1 Å². The Kier molecular flexibility index (Phi) is 1.99. The molecule has 0 amide bonds. The monoisotopic (exact) mass is 196 g/mol. The number of H-pyrrole nitrogens is 1. The van der Waals surface area contributed by atoms with Crippen molar-refractivity contribution >= 4 is 5.82 Å². The lowest BCUT2D eigenvalue weighted by atomic mass is 10.1. The van der Waals surface area contributed by atoms with Crippen LogP contribution in [0.1, 0.15) is 25.0 Å². The van der Waals surface area contributed by atoms with Crippen LogP contribution in [0.5, 0.6) is 0 Å². The van der Waals surface area contributed by atoms with Gasteiger partial charge in [-0.3, -0.25) is 0 Å². The van der Waals surface area contributed by atoms with E-state index in [4.69, 9.17) is 5.73 Å². The highest BCUT2D eigenvalue weighted by atomic mass is 16.6. The van der Waals surface area contributed by atoms with Crippen molar-refractivity contribution in [1.29, 1.82) is 0 Å². The molecule has 0 aliphatic heterocycles. The number of aryl methyl sites for hydroxylation is 1. The molecule has 6 heteroatoms. The maximum absolute atomic E-state index is 10.3. The molecule has 1 heterocycles. The van der Waals surface area contributed by atoms with Gasteiger partial charge in [0.2, 0.25) is 0 Å². The Labute approximate surface area is 80.6 Å². The average Bonchev–Trinajstić information content (AvgIpc) is 2.68. The summed E-state index contributed by atoms with van der Waals surface area (Å²) >= 11 is 0. The summed E-state index contributed by atoms with van der Waals surface area (Å²) in [5.74, 6) is -0.0538. The first-order valence-corrected chi connectivity index (χ1v) is 4.57. The Morgan fingerprint density at radius 1 is 1.71 bits per heavy atom. The Morgan fingerprint density at radius 2 is 2.43 bits per heavy atom. The zero-order valence-electron chi connectivity index (χ0n) is 7.69. The Bertz CT molecular complexity index is 356. The molecule has 0 atom stereocenters. The van der Waals surface area contributed by atoms with E-state index in [1.807, 2.05) is 0 Å². The molecule has 0 aromatic carbocycles. The highest BCUT2D eigenvalue weighted by Crippen LogP contribution is 2.36. The van der Waals surface area contributed by atoms with Crippen molar-refractivity contribution in [2.45, 2.75) is 31.2 Å². The predicted octanol–water partition coefficient (Wildman–Crippen LogP) is 0.742. The summed E-state index contributed by atoms with van der Waals surface area (Å²) in [4.78, 5) is 9.86. The summed E-state index contributed by atoms with van der Waals surface area (Å²) < 4.78 is 0. The van der Waals surface area contributed by atoms with Crippen LogP contribution in [0.4, 0.5) is 5.82 Å². The molecule has 1 aliphatic carbocycles. The van der Waals surface area contributed by atoms with E-state index >= 15 is 0 Å². The largest absolute Gasteiger partial charge is 0.358 e. The van der Waals surface area contributed by atoms with Crippen LogP contribution in [0, 0.1) is 10.1 Å². The van der Waals surface area contributed by atoms with Gasteiger partial charge in [-0.1, -0.05) is 5.10 Å². The molecule has 76 valence electrons. The van der Waals surface area contributed by atoms with E-state index in [1.165, 1.54) is 6.07 Å². The Hall–Kier alpha value is -1.43. The molecule has 0 bridgehead atoms. The van der Waals surface area contributed by atoms with Crippen molar-refractivity contribution in [2.24, 2.45) is 5.73 Å². The van der Waals surface area contributed by atoms with Gasteiger partial charge in [0, 0.05) is 5.54 Å². The maximum atomic E-state index is 10.3. The van der Waals surface area contributed by atoms with E-state index < -0.39 is 4.92 Å². The molecule has 0 saturated heterocycles. The summed E-state index contributed by atoms with van der Waals surface area (Å²) in [6.07, 6.45) is 3.68. The highest BCUT2D eigenvalue weighted by molar-refractivity contribution is 5.21. The number of rotatable bonds is 4. The van der Waals surface area contributed by atoms with Gasteiger partial charge in [0.1, 0.15) is 0 Å². The molecule has 1 fully saturated rings. The third-order valence-corrected chi connectivity index (χ3v) is 2.59. The summed E-state index contributed by atoms with van der Waals surface area (Å²) in [7, 11) is 0. The van der Waals surface area contributed by atoms with Gasteiger partial charge in [0.15, 0.2) is 0 Å². The van der Waals surface area contributed by atoms with Crippen molar-refractivity contribution in [1.82, 2.24) is 10.2 Å². The fourth-order valence-corrected chi connectivity index (χ4v) is 1.36. The van der Waals surface area contributed by atoms with Crippen molar-refractivity contribution in [3.63, 3.8) is 0 Å². The third-order valence-electron chi connectivity index (χ3n) is 2.59. The molecule has 1 aromatic rings. The van der Waals surface area contributed by atoms with Crippen LogP contribution >= 0.6 is 0 Å². The normalized spacial score (nSPS) is 18.1. The van der Waals surface area contributed by atoms with Crippen LogP contribution in [0.25, 0.3) is 0 Å². The van der Waals surface area contributed by atoms with Crippen molar-refractivity contribution < 1.29 is 4.92 Å². The predicted molar refractivity (Wildman–Crippen MR) is 49.7 cm³/mol. The smallest absolute Gasteiger partial charge is 0.342 e. The number of hydrogen-bond donors (Lipinski definition) is 2. The molecule has 6 nitrogen and oxygen atoms in total. The van der Waals surface area contributed by atoms with Gasteiger partial charge in [-0.15, -0.1) is 5.10 Å². The van der Waals surface area contributed by atoms with Gasteiger partial charge >= 0.3 is 5.82 Å². The minimum absolute atomic E-state index is 0.0201. The lowest BCUT2D eigenvalue weighted by molar-refractivity contribution is -0.389. The number of hydrogen-bond acceptors (Lipinski definition) is 4. The topological polar surface area (TPSA) is 97.8 Å². The van der Waals surface area contributed by atoms with Crippen LogP contribution in [0.3, 0.4) is 0 Å². The van der Waals surface area contributed by atoms with Gasteiger partial charge < -0.3 is 15.8 Å². The van der Waals surface area contributed by atoms with Crippen molar-refractivity contribution in [2.75, 3.05) is 0 Å². The zero-order valence-corrected chi connectivity index (χ0v) is 7.69. The van der Waals surface area contributed by atoms with E-state index in [-0.39, 0.29) is 11.4 Å². The molecular weight excluding hydrogens is 184 g/mol. The minimum Gasteiger partial charge on any atom is -0.358 e. The third kappa shape index (κ3) is 1.90. The first-order chi connectivity index (χ1) is 6.59. The standard InChI is InChI=1S/C8H12N4O2/c9-8(3-4-8)2-1-6-5-7(11-10-6)12(13)14/h5H,1-4,9H2,(H,10,11). The molecule has 0 unspecified atom stereocenters. The maximum Gasteiger partial charge on any atom is 0.342 e. The summed E-state index contributed by atoms with van der Waals surface area (Å²) in [6, 6.07) is 1.46.